The third-order valence-corrected chi connectivity index (χ3v) is 7.85. The van der Waals surface area contributed by atoms with Gasteiger partial charge in [0, 0.05) is 43.5 Å². The van der Waals surface area contributed by atoms with E-state index in [1.165, 1.54) is 41.6 Å². The van der Waals surface area contributed by atoms with Gasteiger partial charge in [-0.25, -0.2) is 0 Å². The molecule has 0 spiro atoms. The van der Waals surface area contributed by atoms with E-state index in [1.54, 1.807) is 7.11 Å². The molecular formula is C28H39ClN2O2. The largest absolute Gasteiger partial charge is 0.495 e. The van der Waals surface area contributed by atoms with Crippen LogP contribution in [0.25, 0.3) is 0 Å². The summed E-state index contributed by atoms with van der Waals surface area (Å²) in [4.78, 5) is 5.25. The number of anilines is 1. The van der Waals surface area contributed by atoms with Gasteiger partial charge in [0.15, 0.2) is 0 Å². The zero-order valence-electron chi connectivity index (χ0n) is 20.9. The first-order valence-electron chi connectivity index (χ1n) is 12.5. The standard InChI is InChI=1S/C28H39ClN2O2/c1-19(2)13-16-33-27-12-10-24(20(3)21(27)4)26-8-6-7-23-18-30(14-15-31(23)26)22-9-11-25(29)28(17-22)32-5/h9-12,17,19,23,26H,6-8,13-16,18H2,1-5H3/t23-,26+/m0/s1. The number of rotatable bonds is 7. The minimum absolute atomic E-state index is 0.495. The fraction of sp³-hybridized carbons (Fsp3) is 0.571. The molecule has 0 saturated carbocycles. The molecule has 4 rings (SSSR count). The van der Waals surface area contributed by atoms with E-state index in [-0.39, 0.29) is 0 Å². The van der Waals surface area contributed by atoms with E-state index in [9.17, 15) is 0 Å². The summed E-state index contributed by atoms with van der Waals surface area (Å²) in [6.45, 7) is 12.9. The van der Waals surface area contributed by atoms with E-state index in [0.717, 1.165) is 44.2 Å². The molecule has 33 heavy (non-hydrogen) atoms. The predicted octanol–water partition coefficient (Wildman–Crippen LogP) is 6.81. The molecule has 2 fully saturated rings. The summed E-state index contributed by atoms with van der Waals surface area (Å²) in [5.41, 5.74) is 5.38. The molecule has 0 unspecified atom stereocenters. The maximum Gasteiger partial charge on any atom is 0.139 e. The van der Waals surface area contributed by atoms with Gasteiger partial charge in [0.2, 0.25) is 0 Å². The third-order valence-electron chi connectivity index (χ3n) is 7.53. The van der Waals surface area contributed by atoms with Crippen LogP contribution in [-0.4, -0.2) is 44.3 Å². The number of fused-ring (bicyclic) bond motifs is 1. The summed E-state index contributed by atoms with van der Waals surface area (Å²) in [5, 5.41) is 0.667. The molecule has 0 amide bonds. The van der Waals surface area contributed by atoms with Gasteiger partial charge in [0.1, 0.15) is 11.5 Å². The monoisotopic (exact) mass is 470 g/mol. The second-order valence-corrected chi connectivity index (χ2v) is 10.4. The van der Waals surface area contributed by atoms with Crippen molar-refractivity contribution in [3.05, 3.63) is 52.0 Å². The zero-order valence-corrected chi connectivity index (χ0v) is 21.6. The highest BCUT2D eigenvalue weighted by Crippen LogP contribution is 2.40. The van der Waals surface area contributed by atoms with Gasteiger partial charge in [0.05, 0.1) is 18.7 Å². The van der Waals surface area contributed by atoms with Crippen LogP contribution < -0.4 is 14.4 Å². The number of hydrogen-bond donors (Lipinski definition) is 0. The number of nitrogens with zero attached hydrogens (tertiary/aromatic N) is 2. The van der Waals surface area contributed by atoms with Gasteiger partial charge < -0.3 is 14.4 Å². The topological polar surface area (TPSA) is 24.9 Å². The Labute approximate surface area is 204 Å². The number of benzene rings is 2. The zero-order chi connectivity index (χ0) is 23.5. The lowest BCUT2D eigenvalue weighted by molar-refractivity contribution is 0.0712. The molecule has 2 aliphatic rings. The molecule has 0 aliphatic carbocycles. The summed E-state index contributed by atoms with van der Waals surface area (Å²) < 4.78 is 11.6. The van der Waals surface area contributed by atoms with Crippen molar-refractivity contribution >= 4 is 17.3 Å². The van der Waals surface area contributed by atoms with E-state index in [0.29, 0.717) is 23.0 Å². The summed E-state index contributed by atoms with van der Waals surface area (Å²) in [6.07, 6.45) is 4.86. The Morgan fingerprint density at radius 2 is 1.85 bits per heavy atom. The highest BCUT2D eigenvalue weighted by Gasteiger charge is 2.36. The van der Waals surface area contributed by atoms with Crippen molar-refractivity contribution in [2.75, 3.05) is 38.3 Å². The van der Waals surface area contributed by atoms with Gasteiger partial charge in [0.25, 0.3) is 0 Å². The molecule has 2 aliphatic heterocycles. The number of piperidine rings is 1. The average molecular weight is 471 g/mol. The van der Waals surface area contributed by atoms with Crippen LogP contribution in [0.4, 0.5) is 5.69 Å². The van der Waals surface area contributed by atoms with Crippen LogP contribution in [0.15, 0.2) is 30.3 Å². The molecule has 0 radical (unpaired) electrons. The molecule has 180 valence electrons. The van der Waals surface area contributed by atoms with Crippen LogP contribution in [0, 0.1) is 19.8 Å². The van der Waals surface area contributed by atoms with Gasteiger partial charge in [-0.3, -0.25) is 4.90 Å². The molecule has 2 saturated heterocycles. The Morgan fingerprint density at radius 1 is 1.03 bits per heavy atom. The van der Waals surface area contributed by atoms with Crippen molar-refractivity contribution in [2.24, 2.45) is 5.92 Å². The van der Waals surface area contributed by atoms with Crippen molar-refractivity contribution in [1.82, 2.24) is 4.90 Å². The van der Waals surface area contributed by atoms with Crippen LogP contribution in [0.1, 0.15) is 62.3 Å². The Bertz CT molecular complexity index is 961. The second kappa shape index (κ2) is 10.6. The minimum Gasteiger partial charge on any atom is -0.495 e. The smallest absolute Gasteiger partial charge is 0.139 e. The van der Waals surface area contributed by atoms with Crippen molar-refractivity contribution < 1.29 is 9.47 Å². The first kappa shape index (κ1) is 24.2. The van der Waals surface area contributed by atoms with Gasteiger partial charge in [-0.1, -0.05) is 31.5 Å². The molecule has 2 aromatic rings. The molecule has 4 nitrogen and oxygen atoms in total. The Balaban J connectivity index is 1.48. The maximum absolute atomic E-state index is 6.25. The first-order valence-corrected chi connectivity index (χ1v) is 12.8. The molecule has 2 heterocycles. The Hall–Kier alpha value is -1.91. The van der Waals surface area contributed by atoms with Crippen LogP contribution in [0.5, 0.6) is 11.5 Å². The summed E-state index contributed by atoms with van der Waals surface area (Å²) in [5.74, 6) is 2.46. The van der Waals surface area contributed by atoms with Crippen molar-refractivity contribution in [1.29, 1.82) is 0 Å². The molecule has 2 atom stereocenters. The van der Waals surface area contributed by atoms with Gasteiger partial charge in [-0.15, -0.1) is 0 Å². The van der Waals surface area contributed by atoms with Crippen molar-refractivity contribution in [3.8, 4) is 11.5 Å². The first-order chi connectivity index (χ1) is 15.9. The van der Waals surface area contributed by atoms with Gasteiger partial charge in [-0.2, -0.15) is 0 Å². The Morgan fingerprint density at radius 3 is 2.61 bits per heavy atom. The lowest BCUT2D eigenvalue weighted by Gasteiger charge is -2.49. The van der Waals surface area contributed by atoms with E-state index in [4.69, 9.17) is 21.1 Å². The van der Waals surface area contributed by atoms with Crippen LogP contribution in [0.2, 0.25) is 5.02 Å². The van der Waals surface area contributed by atoms with E-state index >= 15 is 0 Å². The highest BCUT2D eigenvalue weighted by atomic mass is 35.5. The SMILES string of the molecule is COc1cc(N2CCN3[C@@H](CCC[C@@H]3c3ccc(OCCC(C)C)c(C)c3C)C2)ccc1Cl. The van der Waals surface area contributed by atoms with Gasteiger partial charge in [-0.05, 0) is 80.3 Å². The predicted molar refractivity (Wildman–Crippen MR) is 138 cm³/mol. The fourth-order valence-corrected chi connectivity index (χ4v) is 5.60. The molecule has 0 bridgehead atoms. The lowest BCUT2D eigenvalue weighted by Crippen LogP contribution is -2.56. The van der Waals surface area contributed by atoms with Gasteiger partial charge >= 0.3 is 0 Å². The van der Waals surface area contributed by atoms with E-state index < -0.39 is 0 Å². The summed E-state index contributed by atoms with van der Waals surface area (Å²) in [6, 6.07) is 11.7. The second-order valence-electron chi connectivity index (χ2n) is 10.0. The van der Waals surface area contributed by atoms with E-state index in [1.807, 2.05) is 6.07 Å². The fourth-order valence-electron chi connectivity index (χ4n) is 5.40. The molecule has 0 N–H and O–H groups in total. The normalized spacial score (nSPS) is 21.2. The number of hydrogen-bond acceptors (Lipinski definition) is 4. The number of halogens is 1. The molecule has 0 aromatic heterocycles. The quantitative estimate of drug-likeness (QED) is 0.444. The molecule has 5 heteroatoms. The number of methoxy groups -OCH3 is 1. The average Bonchev–Trinajstić information content (AvgIpc) is 2.81. The maximum atomic E-state index is 6.25. The van der Waals surface area contributed by atoms with Crippen LogP contribution >= 0.6 is 11.6 Å². The van der Waals surface area contributed by atoms with Crippen LogP contribution in [0.3, 0.4) is 0 Å². The summed E-state index contributed by atoms with van der Waals surface area (Å²) >= 11 is 6.25. The molecule has 2 aromatic carbocycles. The number of ether oxygens (including phenoxy) is 2. The Kier molecular flexibility index (Phi) is 7.76. The third kappa shape index (κ3) is 5.27. The van der Waals surface area contributed by atoms with E-state index in [2.05, 4.69) is 61.8 Å². The number of piperazine rings is 1. The lowest BCUT2D eigenvalue weighted by atomic mass is 9.86. The van der Waals surface area contributed by atoms with Crippen LogP contribution in [-0.2, 0) is 0 Å². The minimum atomic E-state index is 0.495. The van der Waals surface area contributed by atoms with Crippen molar-refractivity contribution in [3.63, 3.8) is 0 Å². The summed E-state index contributed by atoms with van der Waals surface area (Å²) in [7, 11) is 1.68. The van der Waals surface area contributed by atoms with Crippen molar-refractivity contribution in [2.45, 2.75) is 65.5 Å². The highest BCUT2D eigenvalue weighted by molar-refractivity contribution is 6.32. The molecular weight excluding hydrogens is 432 g/mol.